The van der Waals surface area contributed by atoms with E-state index in [-0.39, 0.29) is 31.4 Å². The Balaban J connectivity index is 1.41. The molecule has 1 fully saturated rings. The van der Waals surface area contributed by atoms with Crippen LogP contribution in [-0.2, 0) is 16.2 Å². The largest absolute Gasteiger partial charge is 0.494 e. The highest BCUT2D eigenvalue weighted by atomic mass is 35.5. The molecule has 0 aromatic heterocycles. The summed E-state index contributed by atoms with van der Waals surface area (Å²) in [5, 5.41) is 0.960. The van der Waals surface area contributed by atoms with Gasteiger partial charge in [0.2, 0.25) is 11.8 Å². The molecule has 1 saturated heterocycles. The fourth-order valence-corrected chi connectivity index (χ4v) is 4.50. The monoisotopic (exact) mass is 543 g/mol. The Bertz CT molecular complexity index is 1250. The molecule has 3 aromatic carbocycles. The van der Waals surface area contributed by atoms with Crippen LogP contribution in [0.5, 0.6) is 17.2 Å². The van der Waals surface area contributed by atoms with Crippen LogP contribution < -0.4 is 30.0 Å². The number of halogens is 2. The smallest absolute Gasteiger partial charge is 0.243 e. The first kappa shape index (κ1) is 26.4. The number of amides is 2. The van der Waals surface area contributed by atoms with E-state index in [0.29, 0.717) is 39.4 Å². The summed E-state index contributed by atoms with van der Waals surface area (Å²) >= 11 is 12.5. The summed E-state index contributed by atoms with van der Waals surface area (Å²) in [5.74, 6) is 0.601. The number of carbonyl (C=O) groups is 2. The van der Waals surface area contributed by atoms with Gasteiger partial charge in [-0.3, -0.25) is 20.4 Å². The highest BCUT2D eigenvalue weighted by molar-refractivity contribution is 6.35. The Kier molecular flexibility index (Phi) is 8.63. The third kappa shape index (κ3) is 6.21. The SMILES string of the molecule is CCOc1ccc(N2C[C@@H](C(=O)NNc3cccc(OC)c3OCc3c(Cl)cccc3Cl)CC2=O)cc1. The number of hydrogen-bond donors (Lipinski definition) is 2. The van der Waals surface area contributed by atoms with Gasteiger partial charge in [-0.05, 0) is 55.5 Å². The van der Waals surface area contributed by atoms with Gasteiger partial charge in [-0.1, -0.05) is 35.3 Å². The lowest BCUT2D eigenvalue weighted by molar-refractivity contribution is -0.125. The maximum atomic E-state index is 12.9. The Morgan fingerprint density at radius 3 is 2.41 bits per heavy atom. The Morgan fingerprint density at radius 1 is 1.03 bits per heavy atom. The van der Waals surface area contributed by atoms with Gasteiger partial charge in [0.25, 0.3) is 0 Å². The molecular formula is C27H27Cl2N3O5. The van der Waals surface area contributed by atoms with Gasteiger partial charge in [-0.15, -0.1) is 0 Å². The normalized spacial score (nSPS) is 14.9. The maximum Gasteiger partial charge on any atom is 0.243 e. The van der Waals surface area contributed by atoms with Crippen molar-refractivity contribution in [2.45, 2.75) is 20.0 Å². The van der Waals surface area contributed by atoms with Gasteiger partial charge in [0, 0.05) is 34.3 Å². The van der Waals surface area contributed by atoms with Crippen molar-refractivity contribution in [1.29, 1.82) is 0 Å². The third-order valence-corrected chi connectivity index (χ3v) is 6.61. The van der Waals surface area contributed by atoms with E-state index in [1.807, 2.05) is 19.1 Å². The van der Waals surface area contributed by atoms with Crippen molar-refractivity contribution >= 4 is 46.4 Å². The average Bonchev–Trinajstić information content (AvgIpc) is 3.29. The number of ether oxygens (including phenoxy) is 3. The second-order valence-corrected chi connectivity index (χ2v) is 9.09. The highest BCUT2D eigenvalue weighted by Gasteiger charge is 2.35. The van der Waals surface area contributed by atoms with E-state index in [1.54, 1.807) is 53.4 Å². The van der Waals surface area contributed by atoms with E-state index in [2.05, 4.69) is 10.9 Å². The number of hydrogen-bond acceptors (Lipinski definition) is 6. The molecule has 0 spiro atoms. The van der Waals surface area contributed by atoms with Crippen molar-refractivity contribution in [2.24, 2.45) is 5.92 Å². The van der Waals surface area contributed by atoms with Crippen molar-refractivity contribution < 1.29 is 23.8 Å². The lowest BCUT2D eigenvalue weighted by Crippen LogP contribution is -2.36. The van der Waals surface area contributed by atoms with E-state index < -0.39 is 5.92 Å². The lowest BCUT2D eigenvalue weighted by atomic mass is 10.1. The first-order chi connectivity index (χ1) is 17.9. The Morgan fingerprint density at radius 2 is 1.73 bits per heavy atom. The molecule has 10 heteroatoms. The average molecular weight is 544 g/mol. The second kappa shape index (κ2) is 12.1. The molecule has 194 valence electrons. The number of nitrogens with one attached hydrogen (secondary N) is 2. The number of carbonyl (C=O) groups excluding carboxylic acids is 2. The number of nitrogens with zero attached hydrogens (tertiary/aromatic N) is 1. The van der Waals surface area contributed by atoms with Crippen LogP contribution in [-0.4, -0.2) is 32.1 Å². The summed E-state index contributed by atoms with van der Waals surface area (Å²) in [7, 11) is 1.52. The molecule has 8 nitrogen and oxygen atoms in total. The number of rotatable bonds is 10. The molecule has 0 radical (unpaired) electrons. The zero-order valence-corrected chi connectivity index (χ0v) is 21.9. The molecule has 1 atom stereocenters. The summed E-state index contributed by atoms with van der Waals surface area (Å²) < 4.78 is 16.9. The fourth-order valence-electron chi connectivity index (χ4n) is 3.99. The van der Waals surface area contributed by atoms with Crippen LogP contribution in [0.25, 0.3) is 0 Å². The summed E-state index contributed by atoms with van der Waals surface area (Å²) in [5.41, 5.74) is 7.43. The fraction of sp³-hybridized carbons (Fsp3) is 0.259. The molecule has 0 saturated carbocycles. The van der Waals surface area contributed by atoms with Crippen molar-refractivity contribution in [1.82, 2.24) is 5.43 Å². The van der Waals surface area contributed by atoms with Crippen molar-refractivity contribution in [3.63, 3.8) is 0 Å². The first-order valence-electron chi connectivity index (χ1n) is 11.7. The lowest BCUT2D eigenvalue weighted by Gasteiger charge is -2.19. The number of anilines is 2. The van der Waals surface area contributed by atoms with E-state index in [0.717, 1.165) is 11.4 Å². The van der Waals surface area contributed by atoms with E-state index in [4.69, 9.17) is 37.4 Å². The van der Waals surface area contributed by atoms with E-state index in [1.165, 1.54) is 7.11 Å². The minimum Gasteiger partial charge on any atom is -0.494 e. The van der Waals surface area contributed by atoms with E-state index in [9.17, 15) is 9.59 Å². The predicted octanol–water partition coefficient (Wildman–Crippen LogP) is 5.48. The third-order valence-electron chi connectivity index (χ3n) is 5.90. The van der Waals surface area contributed by atoms with Crippen LogP contribution in [0, 0.1) is 5.92 Å². The van der Waals surface area contributed by atoms with Gasteiger partial charge in [-0.25, -0.2) is 0 Å². The number of hydrazine groups is 1. The highest BCUT2D eigenvalue weighted by Crippen LogP contribution is 2.37. The van der Waals surface area contributed by atoms with Crippen molar-refractivity contribution in [3.05, 3.63) is 76.3 Å². The molecule has 4 rings (SSSR count). The van der Waals surface area contributed by atoms with Crippen LogP contribution >= 0.6 is 23.2 Å². The molecule has 1 aliphatic heterocycles. The van der Waals surface area contributed by atoms with Gasteiger partial charge in [0.15, 0.2) is 11.5 Å². The zero-order valence-electron chi connectivity index (χ0n) is 20.4. The molecule has 2 N–H and O–H groups in total. The standard InChI is InChI=1S/C27H27Cl2N3O5/c1-3-36-19-12-10-18(11-13-19)32-15-17(14-25(32)33)27(34)31-30-23-8-5-9-24(35-2)26(23)37-16-20-21(28)6-4-7-22(20)29/h4-13,17,30H,3,14-16H2,1-2H3,(H,31,34)/t17-/m0/s1. The maximum absolute atomic E-state index is 12.9. The van der Waals surface area contributed by atoms with Gasteiger partial charge < -0.3 is 19.1 Å². The molecule has 1 aliphatic rings. The zero-order chi connectivity index (χ0) is 26.4. The number of benzene rings is 3. The van der Waals surface area contributed by atoms with Crippen LogP contribution in [0.1, 0.15) is 18.9 Å². The van der Waals surface area contributed by atoms with Gasteiger partial charge in [0.1, 0.15) is 12.4 Å². The quantitative estimate of drug-likeness (QED) is 0.329. The molecule has 3 aromatic rings. The van der Waals surface area contributed by atoms with Crippen molar-refractivity contribution in [3.8, 4) is 17.2 Å². The summed E-state index contributed by atoms with van der Waals surface area (Å²) in [4.78, 5) is 27.2. The summed E-state index contributed by atoms with van der Waals surface area (Å²) in [6.45, 7) is 2.83. The minimum absolute atomic E-state index is 0.0929. The van der Waals surface area contributed by atoms with Crippen LogP contribution in [0.2, 0.25) is 10.0 Å². The summed E-state index contributed by atoms with van der Waals surface area (Å²) in [6.07, 6.45) is 0.104. The molecule has 0 bridgehead atoms. The number of methoxy groups -OCH3 is 1. The van der Waals surface area contributed by atoms with Crippen LogP contribution in [0.15, 0.2) is 60.7 Å². The Hall–Kier alpha value is -3.62. The van der Waals surface area contributed by atoms with Gasteiger partial charge in [-0.2, -0.15) is 0 Å². The molecule has 1 heterocycles. The van der Waals surface area contributed by atoms with Gasteiger partial charge in [0.05, 0.1) is 25.3 Å². The molecule has 37 heavy (non-hydrogen) atoms. The minimum atomic E-state index is -0.525. The number of para-hydroxylation sites is 1. The summed E-state index contributed by atoms with van der Waals surface area (Å²) in [6, 6.07) is 17.7. The molecule has 2 amide bonds. The molecular weight excluding hydrogens is 517 g/mol. The van der Waals surface area contributed by atoms with Gasteiger partial charge >= 0.3 is 0 Å². The topological polar surface area (TPSA) is 89.1 Å². The Labute approximate surface area is 225 Å². The van der Waals surface area contributed by atoms with Crippen molar-refractivity contribution in [2.75, 3.05) is 30.6 Å². The molecule has 0 aliphatic carbocycles. The van der Waals surface area contributed by atoms with E-state index >= 15 is 0 Å². The first-order valence-corrected chi connectivity index (χ1v) is 12.5. The second-order valence-electron chi connectivity index (χ2n) is 8.27. The van der Waals surface area contributed by atoms with Crippen LogP contribution in [0.3, 0.4) is 0 Å². The predicted molar refractivity (Wildman–Crippen MR) is 144 cm³/mol. The van der Waals surface area contributed by atoms with Crippen LogP contribution in [0.4, 0.5) is 11.4 Å². The molecule has 0 unspecified atom stereocenters.